The Morgan fingerprint density at radius 3 is 2.27 bits per heavy atom. The Kier molecular flexibility index (Phi) is 8.81. The molecule has 1 saturated carbocycles. The molecule has 12 heteroatoms. The number of amides is 3. The summed E-state index contributed by atoms with van der Waals surface area (Å²) >= 11 is 25.0. The largest absolute Gasteiger partial charge is 0.413 e. The highest BCUT2D eigenvalue weighted by Gasteiger charge is 2.67. The Bertz CT molecular complexity index is 1540. The summed E-state index contributed by atoms with van der Waals surface area (Å²) in [6, 6.07) is 13.2. The van der Waals surface area contributed by atoms with E-state index in [1.807, 2.05) is 20.8 Å². The number of nitrogens with one attached hydrogen (secondary N) is 3. The number of anilines is 2. The van der Waals surface area contributed by atoms with Gasteiger partial charge in [-0.25, -0.2) is 9.18 Å². The highest BCUT2D eigenvalue weighted by Crippen LogP contribution is 2.65. The van der Waals surface area contributed by atoms with Crippen LogP contribution in [0, 0.1) is 18.7 Å². The van der Waals surface area contributed by atoms with Crippen LogP contribution in [0.1, 0.15) is 48.2 Å². The maximum absolute atomic E-state index is 13.6. The Morgan fingerprint density at radius 1 is 0.927 bits per heavy atom. The lowest BCUT2D eigenvalue weighted by Crippen LogP contribution is -2.42. The van der Waals surface area contributed by atoms with Crippen molar-refractivity contribution in [1.82, 2.24) is 5.32 Å². The third-order valence-electron chi connectivity index (χ3n) is 6.25. The van der Waals surface area contributed by atoms with E-state index in [-0.39, 0.29) is 15.6 Å². The summed E-state index contributed by atoms with van der Waals surface area (Å²) in [6.07, 6.45) is -0.598. The van der Waals surface area contributed by atoms with Gasteiger partial charge in [0, 0.05) is 22.8 Å². The summed E-state index contributed by atoms with van der Waals surface area (Å²) in [5, 5.41) is 8.25. The van der Waals surface area contributed by atoms with Crippen molar-refractivity contribution in [3.63, 3.8) is 0 Å². The van der Waals surface area contributed by atoms with Crippen LogP contribution in [-0.4, -0.2) is 27.8 Å². The van der Waals surface area contributed by atoms with Gasteiger partial charge < -0.3 is 20.7 Å². The van der Waals surface area contributed by atoms with Gasteiger partial charge in [0.25, 0.3) is 5.91 Å². The van der Waals surface area contributed by atoms with Crippen LogP contribution in [0.4, 0.5) is 20.6 Å². The molecule has 0 saturated heterocycles. The van der Waals surface area contributed by atoms with Crippen molar-refractivity contribution >= 4 is 75.7 Å². The van der Waals surface area contributed by atoms with E-state index in [9.17, 15) is 18.8 Å². The van der Waals surface area contributed by atoms with Crippen molar-refractivity contribution in [2.24, 2.45) is 5.92 Å². The summed E-state index contributed by atoms with van der Waals surface area (Å²) in [5.41, 5.74) is 1.58. The quantitative estimate of drug-likeness (QED) is 0.237. The normalized spacial score (nSPS) is 17.4. The van der Waals surface area contributed by atoms with E-state index in [4.69, 9.17) is 51.1 Å². The molecule has 0 bridgehead atoms. The molecule has 41 heavy (non-hydrogen) atoms. The van der Waals surface area contributed by atoms with Crippen LogP contribution < -0.4 is 20.7 Å². The molecule has 3 aromatic carbocycles. The SMILES string of the molecule is Cc1cc(OC(=O)NC(C)(C)C)ccc1NC(=O)c1cc(NC(=O)C2C(c3ccc(F)c(Cl)c3)C2(Cl)Cl)ccc1Cl. The zero-order chi connectivity index (χ0) is 30.3. The number of hydrogen-bond donors (Lipinski definition) is 3. The van der Waals surface area contributed by atoms with Crippen LogP contribution >= 0.6 is 46.4 Å². The summed E-state index contributed by atoms with van der Waals surface area (Å²) < 4.78 is 17.5. The van der Waals surface area contributed by atoms with Crippen LogP contribution in [-0.2, 0) is 4.79 Å². The van der Waals surface area contributed by atoms with Gasteiger partial charge in [-0.2, -0.15) is 0 Å². The van der Waals surface area contributed by atoms with Gasteiger partial charge in [0.15, 0.2) is 0 Å². The third-order valence-corrected chi connectivity index (χ3v) is 7.81. The van der Waals surface area contributed by atoms with Gasteiger partial charge in [0.05, 0.1) is 21.5 Å². The lowest BCUT2D eigenvalue weighted by molar-refractivity contribution is -0.117. The van der Waals surface area contributed by atoms with Gasteiger partial charge >= 0.3 is 6.09 Å². The Balaban J connectivity index is 1.44. The monoisotopic (exact) mass is 639 g/mol. The number of benzene rings is 3. The molecule has 1 aliphatic carbocycles. The second kappa shape index (κ2) is 11.7. The van der Waals surface area contributed by atoms with E-state index in [0.29, 0.717) is 28.3 Å². The van der Waals surface area contributed by atoms with Crippen molar-refractivity contribution in [2.45, 2.75) is 43.5 Å². The Morgan fingerprint density at radius 2 is 1.63 bits per heavy atom. The smallest absolute Gasteiger partial charge is 0.410 e. The Labute approximate surface area is 256 Å². The number of alkyl halides is 2. The van der Waals surface area contributed by atoms with Crippen LogP contribution in [0.3, 0.4) is 0 Å². The Hall–Kier alpha value is -3.04. The van der Waals surface area contributed by atoms with Crippen molar-refractivity contribution in [1.29, 1.82) is 0 Å². The number of hydrogen-bond acceptors (Lipinski definition) is 4. The van der Waals surface area contributed by atoms with E-state index in [1.54, 1.807) is 25.1 Å². The molecule has 3 aromatic rings. The second-order valence-corrected chi connectivity index (χ2v) is 12.9. The average Bonchev–Trinajstić information content (AvgIpc) is 3.44. The molecule has 3 N–H and O–H groups in total. The van der Waals surface area contributed by atoms with Crippen LogP contribution in [0.5, 0.6) is 5.75 Å². The first-order valence-electron chi connectivity index (χ1n) is 12.4. The number of carbonyl (C=O) groups is 3. The predicted octanol–water partition coefficient (Wildman–Crippen LogP) is 8.11. The van der Waals surface area contributed by atoms with Gasteiger partial charge in [0.2, 0.25) is 5.91 Å². The minimum absolute atomic E-state index is 0.102. The fraction of sp³-hybridized carbons (Fsp3) is 0.276. The molecular weight excluding hydrogens is 615 g/mol. The van der Waals surface area contributed by atoms with E-state index in [0.717, 1.165) is 0 Å². The number of ether oxygens (including phenoxy) is 1. The van der Waals surface area contributed by atoms with Gasteiger partial charge in [0.1, 0.15) is 15.9 Å². The molecule has 2 atom stereocenters. The molecule has 3 amide bonds. The molecule has 1 fully saturated rings. The highest BCUT2D eigenvalue weighted by molar-refractivity contribution is 6.53. The molecule has 4 rings (SSSR count). The van der Waals surface area contributed by atoms with Crippen molar-refractivity contribution in [3.05, 3.63) is 87.2 Å². The number of rotatable bonds is 6. The molecule has 0 spiro atoms. The van der Waals surface area contributed by atoms with Crippen LogP contribution in [0.15, 0.2) is 54.6 Å². The standard InChI is InChI=1S/C29H26Cl4FN3O4/c1-14-11-17(41-27(40)37-28(2,3)4)7-10-22(14)36-25(38)18-13-16(6-8-19(18)30)35-26(39)24-23(29(24,32)33)15-5-9-21(34)20(31)12-15/h5-13,23-24H,1-4H3,(H,35,39)(H,36,38)(H,37,40). The maximum atomic E-state index is 13.6. The maximum Gasteiger partial charge on any atom is 0.413 e. The number of halogens is 5. The van der Waals surface area contributed by atoms with Gasteiger partial charge in [-0.15, -0.1) is 23.2 Å². The first kappa shape index (κ1) is 30.9. The van der Waals surface area contributed by atoms with E-state index >= 15 is 0 Å². The molecule has 216 valence electrons. The fourth-order valence-electron chi connectivity index (χ4n) is 4.24. The van der Waals surface area contributed by atoms with E-state index in [1.165, 1.54) is 36.4 Å². The molecule has 1 aliphatic rings. The molecule has 2 unspecified atom stereocenters. The van der Waals surface area contributed by atoms with E-state index in [2.05, 4.69) is 16.0 Å². The minimum atomic E-state index is -1.42. The summed E-state index contributed by atoms with van der Waals surface area (Å²) in [6.45, 7) is 7.24. The first-order valence-corrected chi connectivity index (χ1v) is 13.9. The van der Waals surface area contributed by atoms with Gasteiger partial charge in [-0.1, -0.05) is 29.3 Å². The minimum Gasteiger partial charge on any atom is -0.410 e. The number of carbonyl (C=O) groups excluding carboxylic acids is 3. The molecule has 7 nitrogen and oxygen atoms in total. The van der Waals surface area contributed by atoms with Crippen molar-refractivity contribution < 1.29 is 23.5 Å². The van der Waals surface area contributed by atoms with Crippen LogP contribution in [0.2, 0.25) is 10.0 Å². The molecular formula is C29H26Cl4FN3O4. The van der Waals surface area contributed by atoms with Crippen molar-refractivity contribution in [3.8, 4) is 5.75 Å². The third kappa shape index (κ3) is 7.25. The lowest BCUT2D eigenvalue weighted by Gasteiger charge is -2.20. The van der Waals surface area contributed by atoms with Gasteiger partial charge in [-0.05, 0) is 87.4 Å². The predicted molar refractivity (Wildman–Crippen MR) is 160 cm³/mol. The summed E-state index contributed by atoms with van der Waals surface area (Å²) in [4.78, 5) is 38.2. The second-order valence-electron chi connectivity index (χ2n) is 10.7. The molecule has 0 aliphatic heterocycles. The molecule has 0 radical (unpaired) electrons. The first-order chi connectivity index (χ1) is 19.1. The fourth-order valence-corrected chi connectivity index (χ4v) is 5.46. The molecule has 0 heterocycles. The van der Waals surface area contributed by atoms with Crippen molar-refractivity contribution in [2.75, 3.05) is 10.6 Å². The zero-order valence-corrected chi connectivity index (χ0v) is 25.4. The lowest BCUT2D eigenvalue weighted by atomic mass is 10.1. The van der Waals surface area contributed by atoms with Gasteiger partial charge in [-0.3, -0.25) is 9.59 Å². The molecule has 0 aromatic heterocycles. The summed E-state index contributed by atoms with van der Waals surface area (Å²) in [5.74, 6) is -2.75. The zero-order valence-electron chi connectivity index (χ0n) is 22.4. The topological polar surface area (TPSA) is 96.5 Å². The highest BCUT2D eigenvalue weighted by atomic mass is 35.5. The average molecular weight is 641 g/mol. The number of aryl methyl sites for hydroxylation is 1. The summed E-state index contributed by atoms with van der Waals surface area (Å²) in [7, 11) is 0. The van der Waals surface area contributed by atoms with Crippen LogP contribution in [0.25, 0.3) is 0 Å². The van der Waals surface area contributed by atoms with E-state index < -0.39 is 45.4 Å².